The Kier molecular flexibility index (Phi) is 6.42. The maximum Gasteiger partial charge on any atom is 0.119 e. The lowest BCUT2D eigenvalue weighted by molar-refractivity contribution is 0.0325. The monoisotopic (exact) mass is 348 g/mol. The molecule has 0 amide bonds. The average molecular weight is 348 g/mol. The molecule has 0 aliphatic heterocycles. The molecule has 3 nitrogen and oxygen atoms in total. The van der Waals surface area contributed by atoms with E-state index in [0.29, 0.717) is 0 Å². The van der Waals surface area contributed by atoms with Gasteiger partial charge in [-0.25, -0.2) is 0 Å². The molecule has 0 bridgehead atoms. The Balaban J connectivity index is 1.81. The van der Waals surface area contributed by atoms with E-state index in [1.807, 2.05) is 24.3 Å². The molecule has 1 atom stereocenters. The Morgan fingerprint density at radius 1 is 0.692 bits per heavy atom. The molecule has 0 saturated carbocycles. The van der Waals surface area contributed by atoms with Crippen LogP contribution in [-0.2, 0) is 4.74 Å². The Hall–Kier alpha value is -2.62. The van der Waals surface area contributed by atoms with Gasteiger partial charge in [-0.05, 0) is 28.8 Å². The van der Waals surface area contributed by atoms with Gasteiger partial charge in [-0.1, -0.05) is 72.8 Å². The lowest BCUT2D eigenvalue weighted by atomic mass is 9.85. The van der Waals surface area contributed by atoms with Crippen molar-refractivity contribution in [3.05, 3.63) is 102 Å². The second-order valence-electron chi connectivity index (χ2n) is 6.24. The van der Waals surface area contributed by atoms with Gasteiger partial charge in [0.2, 0.25) is 0 Å². The van der Waals surface area contributed by atoms with Crippen molar-refractivity contribution in [2.45, 2.75) is 12.0 Å². The summed E-state index contributed by atoms with van der Waals surface area (Å²) < 4.78 is 10.5. The maximum absolute atomic E-state index is 9.70. The number of aliphatic hydroxyl groups is 1. The van der Waals surface area contributed by atoms with E-state index in [0.717, 1.165) is 5.75 Å². The van der Waals surface area contributed by atoms with Gasteiger partial charge in [0.1, 0.15) is 18.5 Å². The minimum atomic E-state index is -0.624. The van der Waals surface area contributed by atoms with Crippen molar-refractivity contribution in [3.63, 3.8) is 0 Å². The Bertz CT molecular complexity index is 730. The molecule has 0 spiro atoms. The van der Waals surface area contributed by atoms with Crippen LogP contribution in [0.1, 0.15) is 22.6 Å². The zero-order chi connectivity index (χ0) is 18.2. The Morgan fingerprint density at radius 3 is 1.69 bits per heavy atom. The Morgan fingerprint density at radius 2 is 1.19 bits per heavy atom. The van der Waals surface area contributed by atoms with E-state index < -0.39 is 6.10 Å². The van der Waals surface area contributed by atoms with Gasteiger partial charge in [-0.15, -0.1) is 0 Å². The van der Waals surface area contributed by atoms with Gasteiger partial charge in [-0.3, -0.25) is 0 Å². The molecule has 3 rings (SSSR count). The van der Waals surface area contributed by atoms with E-state index in [2.05, 4.69) is 60.7 Å². The van der Waals surface area contributed by atoms with E-state index >= 15 is 0 Å². The molecule has 3 aromatic carbocycles. The lowest BCUT2D eigenvalue weighted by Crippen LogP contribution is -2.22. The van der Waals surface area contributed by atoms with Crippen molar-refractivity contribution < 1.29 is 14.6 Å². The van der Waals surface area contributed by atoms with E-state index in [1.165, 1.54) is 16.7 Å². The minimum Gasteiger partial charge on any atom is -0.491 e. The highest BCUT2D eigenvalue weighted by Crippen LogP contribution is 2.32. The van der Waals surface area contributed by atoms with Crippen molar-refractivity contribution in [2.75, 3.05) is 20.3 Å². The first-order valence-electron chi connectivity index (χ1n) is 8.77. The zero-order valence-corrected chi connectivity index (χ0v) is 14.9. The molecule has 0 aromatic heterocycles. The van der Waals surface area contributed by atoms with E-state index in [9.17, 15) is 5.11 Å². The Labute approximate surface area is 154 Å². The fraction of sp³-hybridized carbons (Fsp3) is 0.217. The van der Waals surface area contributed by atoms with E-state index in [4.69, 9.17) is 9.47 Å². The largest absolute Gasteiger partial charge is 0.491 e. The van der Waals surface area contributed by atoms with Crippen LogP contribution >= 0.6 is 0 Å². The molecule has 26 heavy (non-hydrogen) atoms. The van der Waals surface area contributed by atoms with Crippen LogP contribution < -0.4 is 4.74 Å². The highest BCUT2D eigenvalue weighted by atomic mass is 16.5. The number of rotatable bonds is 8. The predicted octanol–water partition coefficient (Wildman–Crippen LogP) is 4.25. The molecular weight excluding hydrogens is 324 g/mol. The first-order chi connectivity index (χ1) is 12.8. The van der Waals surface area contributed by atoms with Gasteiger partial charge in [0, 0.05) is 13.0 Å². The third-order valence-corrected chi connectivity index (χ3v) is 4.28. The highest BCUT2D eigenvalue weighted by molar-refractivity contribution is 5.44. The smallest absolute Gasteiger partial charge is 0.119 e. The van der Waals surface area contributed by atoms with Crippen molar-refractivity contribution in [1.82, 2.24) is 0 Å². The van der Waals surface area contributed by atoms with Crippen LogP contribution in [-0.4, -0.2) is 31.5 Å². The number of ether oxygens (including phenoxy) is 2. The average Bonchev–Trinajstić information content (AvgIpc) is 2.69. The van der Waals surface area contributed by atoms with Crippen LogP contribution in [0, 0.1) is 0 Å². The first-order valence-corrected chi connectivity index (χ1v) is 8.77. The van der Waals surface area contributed by atoms with Gasteiger partial charge < -0.3 is 14.6 Å². The van der Waals surface area contributed by atoms with Gasteiger partial charge >= 0.3 is 0 Å². The second-order valence-corrected chi connectivity index (χ2v) is 6.24. The molecule has 0 aliphatic rings. The van der Waals surface area contributed by atoms with Gasteiger partial charge in [-0.2, -0.15) is 0 Å². The third-order valence-electron chi connectivity index (χ3n) is 4.28. The number of methoxy groups -OCH3 is 1. The van der Waals surface area contributed by atoms with Gasteiger partial charge in [0.15, 0.2) is 0 Å². The zero-order valence-electron chi connectivity index (χ0n) is 14.9. The summed E-state index contributed by atoms with van der Waals surface area (Å²) in [5.74, 6) is 0.911. The van der Waals surface area contributed by atoms with Crippen LogP contribution in [0.5, 0.6) is 5.75 Å². The van der Waals surface area contributed by atoms with Crippen LogP contribution in [0.3, 0.4) is 0 Å². The number of benzene rings is 3. The molecule has 0 aliphatic carbocycles. The van der Waals surface area contributed by atoms with Crippen LogP contribution in [0.4, 0.5) is 0 Å². The van der Waals surface area contributed by atoms with Crippen molar-refractivity contribution >= 4 is 0 Å². The first kappa shape index (κ1) is 18.2. The normalized spacial score (nSPS) is 12.1. The summed E-state index contributed by atoms with van der Waals surface area (Å²) in [6, 6.07) is 29.0. The highest BCUT2D eigenvalue weighted by Gasteiger charge is 2.16. The summed E-state index contributed by atoms with van der Waals surface area (Å²) in [6.45, 7) is 0.482. The molecule has 0 fully saturated rings. The number of hydrogen-bond acceptors (Lipinski definition) is 3. The van der Waals surface area contributed by atoms with Crippen molar-refractivity contribution in [1.29, 1.82) is 0 Å². The number of aliphatic hydroxyl groups excluding tert-OH is 1. The molecular formula is C23H24O3. The minimum absolute atomic E-state index is 0.172. The van der Waals surface area contributed by atoms with E-state index in [1.54, 1.807) is 7.11 Å². The molecule has 0 radical (unpaired) electrons. The van der Waals surface area contributed by atoms with Crippen LogP contribution in [0.25, 0.3) is 0 Å². The third kappa shape index (κ3) is 4.72. The topological polar surface area (TPSA) is 38.7 Å². The predicted molar refractivity (Wildman–Crippen MR) is 104 cm³/mol. The number of hydrogen-bond donors (Lipinski definition) is 1. The fourth-order valence-electron chi connectivity index (χ4n) is 3.06. The quantitative estimate of drug-likeness (QED) is 0.619. The van der Waals surface area contributed by atoms with Gasteiger partial charge in [0.25, 0.3) is 0 Å². The van der Waals surface area contributed by atoms with Crippen LogP contribution in [0.2, 0.25) is 0 Å². The molecule has 134 valence electrons. The summed E-state index contributed by atoms with van der Waals surface area (Å²) in [5, 5.41) is 9.70. The summed E-state index contributed by atoms with van der Waals surface area (Å²) in [4.78, 5) is 0. The SMILES string of the molecule is COCC(O)COc1ccc(C(c2ccccc2)c2ccccc2)cc1. The maximum atomic E-state index is 9.70. The summed E-state index contributed by atoms with van der Waals surface area (Å²) in [7, 11) is 1.56. The molecule has 0 heterocycles. The van der Waals surface area contributed by atoms with Gasteiger partial charge in [0.05, 0.1) is 6.61 Å². The lowest BCUT2D eigenvalue weighted by Gasteiger charge is -2.19. The molecule has 3 heteroatoms. The molecule has 1 N–H and O–H groups in total. The molecule has 1 unspecified atom stereocenters. The molecule has 0 saturated heterocycles. The second kappa shape index (κ2) is 9.18. The summed E-state index contributed by atoms with van der Waals surface area (Å²) >= 11 is 0. The summed E-state index contributed by atoms with van der Waals surface area (Å²) in [6.07, 6.45) is -0.624. The standard InChI is InChI=1S/C23H24O3/c1-25-16-21(24)17-26-22-14-12-20(13-15-22)23(18-8-4-2-5-9-18)19-10-6-3-7-11-19/h2-15,21,23-24H,16-17H2,1H3. The van der Waals surface area contributed by atoms with Crippen molar-refractivity contribution in [3.8, 4) is 5.75 Å². The van der Waals surface area contributed by atoms with E-state index in [-0.39, 0.29) is 19.1 Å². The van der Waals surface area contributed by atoms with Crippen molar-refractivity contribution in [2.24, 2.45) is 0 Å². The fourth-order valence-corrected chi connectivity index (χ4v) is 3.06. The van der Waals surface area contributed by atoms with Crippen LogP contribution in [0.15, 0.2) is 84.9 Å². The molecule has 3 aromatic rings. The summed E-state index contributed by atoms with van der Waals surface area (Å²) in [5.41, 5.74) is 3.71.